The topological polar surface area (TPSA) is 52.6 Å². The molecule has 2 aromatic carbocycles. The molecule has 0 bridgehead atoms. The molecule has 0 saturated carbocycles. The second-order valence-electron chi connectivity index (χ2n) is 6.54. The lowest BCUT2D eigenvalue weighted by Gasteiger charge is -2.19. The van der Waals surface area contributed by atoms with Gasteiger partial charge < -0.3 is 9.47 Å². The smallest absolute Gasteiger partial charge is 0.340 e. The fraction of sp³-hybridized carbons (Fsp3) is 0.273. The molecule has 0 aliphatic rings. The first kappa shape index (κ1) is 19.4. The fourth-order valence-corrected chi connectivity index (χ4v) is 2.61. The van der Waals surface area contributed by atoms with Crippen LogP contribution < -0.4 is 9.47 Å². The largest absolute Gasteiger partial charge is 0.423 e. The van der Waals surface area contributed by atoms with E-state index in [1.807, 2.05) is 39.8 Å². The lowest BCUT2D eigenvalue weighted by atomic mass is 9.90. The van der Waals surface area contributed by atoms with Crippen LogP contribution in [0.5, 0.6) is 11.5 Å². The standard InChI is InChI=1S/C22H24O4/c1-15(2)19(21(23)25-17-11-7-5-8-12-17)20(16(3)4)22(24)26-18-13-9-6-10-14-18/h5-16H,1-4H3/b20-19-. The van der Waals surface area contributed by atoms with E-state index in [4.69, 9.17) is 9.47 Å². The first-order valence-electron chi connectivity index (χ1n) is 8.68. The molecular formula is C22H24O4. The molecule has 0 saturated heterocycles. The van der Waals surface area contributed by atoms with E-state index < -0.39 is 11.9 Å². The van der Waals surface area contributed by atoms with E-state index >= 15 is 0 Å². The number of carbonyl (C=O) groups excluding carboxylic acids is 2. The number of esters is 2. The highest BCUT2D eigenvalue weighted by atomic mass is 16.5. The van der Waals surface area contributed by atoms with Crippen LogP contribution in [-0.2, 0) is 9.59 Å². The van der Waals surface area contributed by atoms with Crippen LogP contribution in [-0.4, -0.2) is 11.9 Å². The van der Waals surface area contributed by atoms with E-state index in [2.05, 4.69) is 0 Å². The van der Waals surface area contributed by atoms with Gasteiger partial charge in [-0.05, 0) is 36.1 Å². The van der Waals surface area contributed by atoms with Crippen LogP contribution >= 0.6 is 0 Å². The third-order valence-electron chi connectivity index (χ3n) is 3.79. The number of hydrogen-bond acceptors (Lipinski definition) is 4. The highest BCUT2D eigenvalue weighted by Crippen LogP contribution is 2.26. The summed E-state index contributed by atoms with van der Waals surface area (Å²) < 4.78 is 10.9. The number of benzene rings is 2. The van der Waals surface area contributed by atoms with Crippen molar-refractivity contribution in [3.05, 3.63) is 71.8 Å². The molecular weight excluding hydrogens is 328 g/mol. The fourth-order valence-electron chi connectivity index (χ4n) is 2.61. The van der Waals surface area contributed by atoms with E-state index in [-0.39, 0.29) is 11.8 Å². The monoisotopic (exact) mass is 352 g/mol. The number of ether oxygens (including phenoxy) is 2. The number of carbonyl (C=O) groups is 2. The van der Waals surface area contributed by atoms with Gasteiger partial charge in [-0.1, -0.05) is 64.1 Å². The van der Waals surface area contributed by atoms with Gasteiger partial charge >= 0.3 is 11.9 Å². The Morgan fingerprint density at radius 3 is 1.19 bits per heavy atom. The van der Waals surface area contributed by atoms with Gasteiger partial charge in [0.15, 0.2) is 0 Å². The minimum absolute atomic E-state index is 0.188. The van der Waals surface area contributed by atoms with Crippen LogP contribution in [0.4, 0.5) is 0 Å². The summed E-state index contributed by atoms with van der Waals surface area (Å²) >= 11 is 0. The molecule has 0 fully saturated rings. The van der Waals surface area contributed by atoms with Crippen molar-refractivity contribution in [3.8, 4) is 11.5 Å². The molecule has 0 unspecified atom stereocenters. The van der Waals surface area contributed by atoms with Gasteiger partial charge in [-0.3, -0.25) is 0 Å². The summed E-state index contributed by atoms with van der Waals surface area (Å²) in [4.78, 5) is 25.5. The molecule has 0 spiro atoms. The average molecular weight is 352 g/mol. The molecule has 0 N–H and O–H groups in total. The Balaban J connectivity index is 2.36. The molecule has 2 aromatic rings. The maximum absolute atomic E-state index is 12.8. The van der Waals surface area contributed by atoms with E-state index in [1.54, 1.807) is 48.5 Å². The van der Waals surface area contributed by atoms with Crippen LogP contribution in [0.3, 0.4) is 0 Å². The van der Waals surface area contributed by atoms with E-state index in [1.165, 1.54) is 0 Å². The zero-order valence-electron chi connectivity index (χ0n) is 15.6. The third kappa shape index (κ3) is 5.06. The van der Waals surface area contributed by atoms with Gasteiger partial charge in [-0.15, -0.1) is 0 Å². The summed E-state index contributed by atoms with van der Waals surface area (Å²) in [5.41, 5.74) is 0.676. The zero-order valence-corrected chi connectivity index (χ0v) is 15.6. The summed E-state index contributed by atoms with van der Waals surface area (Å²) in [6.07, 6.45) is 0. The average Bonchev–Trinajstić information content (AvgIpc) is 2.60. The molecule has 0 aromatic heterocycles. The molecule has 0 heterocycles. The summed E-state index contributed by atoms with van der Waals surface area (Å²) in [5, 5.41) is 0. The maximum Gasteiger partial charge on any atom is 0.340 e. The zero-order chi connectivity index (χ0) is 19.1. The second kappa shape index (κ2) is 8.99. The van der Waals surface area contributed by atoms with Crippen molar-refractivity contribution in [1.29, 1.82) is 0 Å². The minimum Gasteiger partial charge on any atom is -0.423 e. The third-order valence-corrected chi connectivity index (χ3v) is 3.79. The van der Waals surface area contributed by atoms with Crippen LogP contribution in [0.2, 0.25) is 0 Å². The maximum atomic E-state index is 12.8. The Hall–Kier alpha value is -2.88. The predicted octanol–water partition coefficient (Wildman–Crippen LogP) is 4.81. The van der Waals surface area contributed by atoms with Gasteiger partial charge in [0.2, 0.25) is 0 Å². The summed E-state index contributed by atoms with van der Waals surface area (Å²) in [6.45, 7) is 7.44. The van der Waals surface area contributed by atoms with Crippen LogP contribution in [0.25, 0.3) is 0 Å². The molecule has 0 aliphatic carbocycles. The van der Waals surface area contributed by atoms with Gasteiger partial charge in [-0.25, -0.2) is 9.59 Å². The molecule has 26 heavy (non-hydrogen) atoms. The normalized spacial score (nSPS) is 11.9. The van der Waals surface area contributed by atoms with Crippen molar-refractivity contribution in [3.63, 3.8) is 0 Å². The molecule has 4 heteroatoms. The highest BCUT2D eigenvalue weighted by molar-refractivity contribution is 6.02. The van der Waals surface area contributed by atoms with E-state index in [0.29, 0.717) is 22.6 Å². The van der Waals surface area contributed by atoms with E-state index in [0.717, 1.165) is 0 Å². The molecule has 136 valence electrons. The lowest BCUT2D eigenvalue weighted by Crippen LogP contribution is -2.25. The number of hydrogen-bond donors (Lipinski definition) is 0. The van der Waals surface area contributed by atoms with Crippen molar-refractivity contribution in [2.75, 3.05) is 0 Å². The number of rotatable bonds is 6. The van der Waals surface area contributed by atoms with Crippen molar-refractivity contribution >= 4 is 11.9 Å². The van der Waals surface area contributed by atoms with Gasteiger partial charge in [0.25, 0.3) is 0 Å². The molecule has 4 nitrogen and oxygen atoms in total. The second-order valence-corrected chi connectivity index (χ2v) is 6.54. The van der Waals surface area contributed by atoms with Crippen molar-refractivity contribution in [2.24, 2.45) is 11.8 Å². The van der Waals surface area contributed by atoms with Crippen LogP contribution in [0.1, 0.15) is 27.7 Å². The van der Waals surface area contributed by atoms with Gasteiger partial charge in [0, 0.05) is 0 Å². The van der Waals surface area contributed by atoms with Gasteiger partial charge in [0.05, 0.1) is 11.1 Å². The Morgan fingerprint density at radius 1 is 0.615 bits per heavy atom. The highest BCUT2D eigenvalue weighted by Gasteiger charge is 2.28. The quantitative estimate of drug-likeness (QED) is 0.425. The van der Waals surface area contributed by atoms with E-state index in [9.17, 15) is 9.59 Å². The summed E-state index contributed by atoms with van der Waals surface area (Å²) in [6, 6.07) is 17.6. The Labute approximate surface area is 154 Å². The van der Waals surface area contributed by atoms with Gasteiger partial charge in [-0.2, -0.15) is 0 Å². The van der Waals surface area contributed by atoms with Crippen molar-refractivity contribution in [2.45, 2.75) is 27.7 Å². The SMILES string of the molecule is CC(C)/C(C(=O)Oc1ccccc1)=C(/C(=O)Oc1ccccc1)C(C)C. The lowest BCUT2D eigenvalue weighted by molar-refractivity contribution is -0.134. The first-order chi connectivity index (χ1) is 12.4. The molecule has 0 amide bonds. The van der Waals surface area contributed by atoms with Crippen molar-refractivity contribution < 1.29 is 19.1 Å². The Kier molecular flexibility index (Phi) is 6.73. The van der Waals surface area contributed by atoms with Crippen molar-refractivity contribution in [1.82, 2.24) is 0 Å². The molecule has 0 radical (unpaired) electrons. The summed E-state index contributed by atoms with van der Waals surface area (Å²) in [5.74, 6) is -0.552. The Bertz CT molecular complexity index is 707. The Morgan fingerprint density at radius 2 is 0.923 bits per heavy atom. The first-order valence-corrected chi connectivity index (χ1v) is 8.68. The number of para-hydroxylation sites is 2. The van der Waals surface area contributed by atoms with Crippen LogP contribution in [0.15, 0.2) is 71.8 Å². The minimum atomic E-state index is -0.528. The predicted molar refractivity (Wildman–Crippen MR) is 101 cm³/mol. The molecule has 0 atom stereocenters. The van der Waals surface area contributed by atoms with Gasteiger partial charge in [0.1, 0.15) is 11.5 Å². The molecule has 0 aliphatic heterocycles. The van der Waals surface area contributed by atoms with Crippen LogP contribution in [0, 0.1) is 11.8 Å². The summed E-state index contributed by atoms with van der Waals surface area (Å²) in [7, 11) is 0. The molecule has 2 rings (SSSR count).